The molecule has 1 aliphatic rings. The van der Waals surface area contributed by atoms with Crippen LogP contribution in [0.5, 0.6) is 0 Å². The molecule has 6 nitrogen and oxygen atoms in total. The average Bonchev–Trinajstić information content (AvgIpc) is 3.15. The topological polar surface area (TPSA) is 74.4 Å². The SMILES string of the molecule is Cc1ccc(C(C)(O)CNC2CCN(c3nnc(C)s3)CC2)o1. The van der Waals surface area contributed by atoms with Crippen molar-refractivity contribution in [2.24, 2.45) is 0 Å². The summed E-state index contributed by atoms with van der Waals surface area (Å²) in [5.41, 5.74) is -0.984. The molecule has 0 bridgehead atoms. The summed E-state index contributed by atoms with van der Waals surface area (Å²) in [4.78, 5) is 2.29. The van der Waals surface area contributed by atoms with Crippen molar-refractivity contribution in [3.63, 3.8) is 0 Å². The molecule has 0 radical (unpaired) electrons. The zero-order chi connectivity index (χ0) is 16.4. The number of nitrogens with one attached hydrogen (secondary N) is 1. The Morgan fingerprint density at radius 3 is 2.65 bits per heavy atom. The van der Waals surface area contributed by atoms with E-state index in [2.05, 4.69) is 20.4 Å². The van der Waals surface area contributed by atoms with Gasteiger partial charge in [-0.25, -0.2) is 0 Å². The van der Waals surface area contributed by atoms with Crippen LogP contribution in [0.25, 0.3) is 0 Å². The van der Waals surface area contributed by atoms with Crippen LogP contribution in [0.4, 0.5) is 5.13 Å². The minimum Gasteiger partial charge on any atom is -0.463 e. The van der Waals surface area contributed by atoms with E-state index < -0.39 is 5.60 Å². The van der Waals surface area contributed by atoms with Crippen molar-refractivity contribution in [2.45, 2.75) is 45.3 Å². The van der Waals surface area contributed by atoms with Crippen LogP contribution in [0, 0.1) is 13.8 Å². The van der Waals surface area contributed by atoms with Crippen molar-refractivity contribution >= 4 is 16.5 Å². The summed E-state index contributed by atoms with van der Waals surface area (Å²) >= 11 is 1.64. The Morgan fingerprint density at radius 2 is 2.09 bits per heavy atom. The van der Waals surface area contributed by atoms with Crippen LogP contribution in [-0.2, 0) is 5.60 Å². The Labute approximate surface area is 140 Å². The van der Waals surface area contributed by atoms with Gasteiger partial charge in [-0.1, -0.05) is 11.3 Å². The Balaban J connectivity index is 1.49. The third kappa shape index (κ3) is 3.91. The zero-order valence-corrected chi connectivity index (χ0v) is 14.7. The highest BCUT2D eigenvalue weighted by Gasteiger charge is 2.29. The molecule has 0 aliphatic carbocycles. The number of hydrogen-bond donors (Lipinski definition) is 2. The van der Waals surface area contributed by atoms with Gasteiger partial charge >= 0.3 is 0 Å². The lowest BCUT2D eigenvalue weighted by Gasteiger charge is -2.33. The lowest BCUT2D eigenvalue weighted by molar-refractivity contribution is 0.0300. The summed E-state index contributed by atoms with van der Waals surface area (Å²) in [5, 5.41) is 24.4. The average molecular weight is 336 g/mol. The second-order valence-corrected chi connectivity index (χ2v) is 7.59. The molecule has 23 heavy (non-hydrogen) atoms. The molecular formula is C16H24N4O2S. The van der Waals surface area contributed by atoms with E-state index >= 15 is 0 Å². The summed E-state index contributed by atoms with van der Waals surface area (Å²) < 4.78 is 5.55. The van der Waals surface area contributed by atoms with Crippen molar-refractivity contribution in [3.05, 3.63) is 28.7 Å². The first-order valence-corrected chi connectivity index (χ1v) is 8.83. The molecule has 0 spiro atoms. The molecule has 1 aliphatic heterocycles. The number of piperidine rings is 1. The summed E-state index contributed by atoms with van der Waals surface area (Å²) in [6.07, 6.45) is 2.07. The maximum absolute atomic E-state index is 10.6. The molecule has 2 N–H and O–H groups in total. The van der Waals surface area contributed by atoms with E-state index in [1.54, 1.807) is 18.3 Å². The number of hydrogen-bond acceptors (Lipinski definition) is 7. The van der Waals surface area contributed by atoms with Gasteiger partial charge in [0.05, 0.1) is 0 Å². The molecule has 1 atom stereocenters. The highest BCUT2D eigenvalue weighted by molar-refractivity contribution is 7.15. The van der Waals surface area contributed by atoms with Gasteiger partial charge in [-0.15, -0.1) is 10.2 Å². The molecule has 1 saturated heterocycles. The molecule has 3 rings (SSSR count). The van der Waals surface area contributed by atoms with Crippen molar-refractivity contribution in [1.82, 2.24) is 15.5 Å². The molecule has 0 aromatic carbocycles. The summed E-state index contributed by atoms with van der Waals surface area (Å²) in [5.74, 6) is 1.44. The number of aromatic nitrogens is 2. The van der Waals surface area contributed by atoms with Gasteiger partial charge in [-0.05, 0) is 45.7 Å². The van der Waals surface area contributed by atoms with E-state index in [0.717, 1.165) is 41.8 Å². The summed E-state index contributed by atoms with van der Waals surface area (Å²) in [6.45, 7) is 8.08. The Morgan fingerprint density at radius 1 is 1.35 bits per heavy atom. The van der Waals surface area contributed by atoms with Crippen LogP contribution in [0.2, 0.25) is 0 Å². The maximum atomic E-state index is 10.6. The minimum absolute atomic E-state index is 0.405. The van der Waals surface area contributed by atoms with Crippen molar-refractivity contribution in [3.8, 4) is 0 Å². The molecule has 3 heterocycles. The van der Waals surface area contributed by atoms with E-state index in [1.807, 2.05) is 26.0 Å². The molecular weight excluding hydrogens is 312 g/mol. The number of aryl methyl sites for hydroxylation is 2. The van der Waals surface area contributed by atoms with Crippen LogP contribution in [0.3, 0.4) is 0 Å². The number of rotatable bonds is 5. The second kappa shape index (κ2) is 6.59. The Hall–Kier alpha value is -1.44. The minimum atomic E-state index is -0.984. The molecule has 7 heteroatoms. The first-order valence-electron chi connectivity index (χ1n) is 8.02. The third-order valence-electron chi connectivity index (χ3n) is 4.29. The predicted molar refractivity (Wildman–Crippen MR) is 90.9 cm³/mol. The van der Waals surface area contributed by atoms with Gasteiger partial charge in [0.2, 0.25) is 5.13 Å². The molecule has 1 unspecified atom stereocenters. The number of furan rings is 1. The van der Waals surface area contributed by atoms with Gasteiger partial charge in [0, 0.05) is 25.7 Å². The predicted octanol–water partition coefficient (Wildman–Crippen LogP) is 2.21. The normalized spacial score (nSPS) is 19.0. The first kappa shape index (κ1) is 16.4. The van der Waals surface area contributed by atoms with Gasteiger partial charge in [0.25, 0.3) is 0 Å². The van der Waals surface area contributed by atoms with Crippen LogP contribution in [-0.4, -0.2) is 41.0 Å². The maximum Gasteiger partial charge on any atom is 0.208 e. The van der Waals surface area contributed by atoms with Crippen LogP contribution in [0.15, 0.2) is 16.5 Å². The fourth-order valence-electron chi connectivity index (χ4n) is 2.84. The molecule has 2 aromatic rings. The zero-order valence-electron chi connectivity index (χ0n) is 13.9. The molecule has 0 amide bonds. The lowest BCUT2D eigenvalue weighted by atomic mass is 10.0. The summed E-state index contributed by atoms with van der Waals surface area (Å²) in [6, 6.07) is 4.13. The molecule has 126 valence electrons. The highest BCUT2D eigenvalue weighted by atomic mass is 32.1. The number of aliphatic hydroxyl groups is 1. The lowest BCUT2D eigenvalue weighted by Crippen LogP contribution is -2.46. The quantitative estimate of drug-likeness (QED) is 0.872. The second-order valence-electron chi connectivity index (χ2n) is 6.43. The van der Waals surface area contributed by atoms with Crippen LogP contribution < -0.4 is 10.2 Å². The monoisotopic (exact) mass is 336 g/mol. The molecule has 1 fully saturated rings. The van der Waals surface area contributed by atoms with Gasteiger partial charge in [-0.2, -0.15) is 0 Å². The Bertz CT molecular complexity index is 644. The smallest absolute Gasteiger partial charge is 0.208 e. The fraction of sp³-hybridized carbons (Fsp3) is 0.625. The van der Waals surface area contributed by atoms with Gasteiger partial charge in [0.15, 0.2) is 0 Å². The van der Waals surface area contributed by atoms with Crippen molar-refractivity contribution < 1.29 is 9.52 Å². The molecule has 2 aromatic heterocycles. The van der Waals surface area contributed by atoms with E-state index in [1.165, 1.54) is 0 Å². The third-order valence-corrected chi connectivity index (χ3v) is 5.19. The van der Waals surface area contributed by atoms with E-state index in [4.69, 9.17) is 4.42 Å². The van der Waals surface area contributed by atoms with E-state index in [0.29, 0.717) is 18.3 Å². The van der Waals surface area contributed by atoms with Gasteiger partial charge in [0.1, 0.15) is 22.1 Å². The van der Waals surface area contributed by atoms with Crippen LogP contribution in [0.1, 0.15) is 36.3 Å². The van der Waals surface area contributed by atoms with Crippen LogP contribution >= 0.6 is 11.3 Å². The van der Waals surface area contributed by atoms with E-state index in [-0.39, 0.29) is 0 Å². The fourth-order valence-corrected chi connectivity index (χ4v) is 3.58. The van der Waals surface area contributed by atoms with Gasteiger partial charge < -0.3 is 19.7 Å². The standard InChI is InChI=1S/C16H24N4O2S/c1-11-4-5-14(22-11)16(3,21)10-17-13-6-8-20(9-7-13)15-19-18-12(2)23-15/h4-5,13,17,21H,6-10H2,1-3H3. The molecule has 0 saturated carbocycles. The first-order chi connectivity index (χ1) is 10.9. The number of nitrogens with zero attached hydrogens (tertiary/aromatic N) is 3. The highest BCUT2D eigenvalue weighted by Crippen LogP contribution is 2.25. The summed E-state index contributed by atoms with van der Waals surface area (Å²) in [7, 11) is 0. The van der Waals surface area contributed by atoms with Crippen molar-refractivity contribution in [2.75, 3.05) is 24.5 Å². The Kier molecular flexibility index (Phi) is 4.70. The van der Waals surface area contributed by atoms with E-state index in [9.17, 15) is 5.11 Å². The van der Waals surface area contributed by atoms with Crippen molar-refractivity contribution in [1.29, 1.82) is 0 Å². The largest absolute Gasteiger partial charge is 0.463 e. The number of anilines is 1. The van der Waals surface area contributed by atoms with Gasteiger partial charge in [-0.3, -0.25) is 0 Å².